The van der Waals surface area contributed by atoms with E-state index in [4.69, 9.17) is 0 Å². The van der Waals surface area contributed by atoms with Crippen LogP contribution in [0.15, 0.2) is 30.4 Å². The molecule has 0 atom stereocenters. The second-order valence-electron chi connectivity index (χ2n) is 5.24. The van der Waals surface area contributed by atoms with Gasteiger partial charge in [0.1, 0.15) is 0 Å². The van der Waals surface area contributed by atoms with Gasteiger partial charge in [0.05, 0.1) is 0 Å². The van der Waals surface area contributed by atoms with E-state index < -0.39 is 0 Å². The fraction of sp³-hybridized carbons (Fsp3) is 0.412. The lowest BCUT2D eigenvalue weighted by Crippen LogP contribution is -2.37. The minimum atomic E-state index is 0.989. The molecule has 0 N–H and O–H groups in total. The summed E-state index contributed by atoms with van der Waals surface area (Å²) in [5.41, 5.74) is 2.64. The Morgan fingerprint density at radius 1 is 1.39 bits per heavy atom. The summed E-state index contributed by atoms with van der Waals surface area (Å²) in [6, 6.07) is 6.59. The first-order chi connectivity index (χ1) is 8.70. The first-order valence-corrected chi connectivity index (χ1v) is 6.89. The summed E-state index contributed by atoms with van der Waals surface area (Å²) >= 11 is 0. The zero-order valence-electron chi connectivity index (χ0n) is 11.6. The molecule has 2 rings (SSSR count). The van der Waals surface area contributed by atoms with Crippen LogP contribution in [-0.2, 0) is 6.42 Å². The number of unbranched alkanes of at least 4 members (excludes halogenated alkanes) is 1. The molecule has 0 fully saturated rings. The summed E-state index contributed by atoms with van der Waals surface area (Å²) in [6.45, 7) is 10.6. The molecule has 1 aromatic carbocycles. The Morgan fingerprint density at radius 2 is 2.22 bits per heavy atom. The van der Waals surface area contributed by atoms with Gasteiger partial charge in [-0.15, -0.1) is 0 Å². The summed E-state index contributed by atoms with van der Waals surface area (Å²) < 4.78 is 0. The van der Waals surface area contributed by atoms with Crippen LogP contribution in [0.25, 0.3) is 12.3 Å². The summed E-state index contributed by atoms with van der Waals surface area (Å²) in [7, 11) is 0. The van der Waals surface area contributed by atoms with Gasteiger partial charge in [0.15, 0.2) is 0 Å². The van der Waals surface area contributed by atoms with Crippen molar-refractivity contribution in [1.82, 2.24) is 4.90 Å². The third-order valence-corrected chi connectivity index (χ3v) is 3.37. The van der Waals surface area contributed by atoms with Crippen molar-refractivity contribution < 1.29 is 0 Å². The van der Waals surface area contributed by atoms with Crippen LogP contribution in [0.1, 0.15) is 32.3 Å². The van der Waals surface area contributed by atoms with E-state index in [-0.39, 0.29) is 0 Å². The minimum Gasteiger partial charge on any atom is -0.373 e. The van der Waals surface area contributed by atoms with Gasteiger partial charge in [-0.3, -0.25) is 0 Å². The Labute approximate surface area is 110 Å². The number of nitrogens with zero attached hydrogens (tertiary/aromatic N) is 1. The standard InChI is InChI=1S/C17H23N/c1-4-5-10-18-11-9-17-15(12-14(2)3)7-6-8-16(17)13-18/h6-9,13H,2,4-5,10-12H2,1,3H3. The molecular formula is C17H23N. The summed E-state index contributed by atoms with van der Waals surface area (Å²) in [6.07, 6.45) is 8.19. The SMILES string of the molecule is C=C(C)Cc1cccc2c1=CCN(CCCC)C=2. The van der Waals surface area contributed by atoms with Gasteiger partial charge in [-0.05, 0) is 35.8 Å². The van der Waals surface area contributed by atoms with Crippen LogP contribution >= 0.6 is 0 Å². The number of allylic oxidation sites excluding steroid dienone is 1. The molecule has 96 valence electrons. The van der Waals surface area contributed by atoms with E-state index in [1.807, 2.05) is 0 Å². The number of fused-ring (bicyclic) bond motifs is 1. The van der Waals surface area contributed by atoms with Gasteiger partial charge >= 0.3 is 0 Å². The predicted molar refractivity (Wildman–Crippen MR) is 79.6 cm³/mol. The van der Waals surface area contributed by atoms with Crippen molar-refractivity contribution in [1.29, 1.82) is 0 Å². The van der Waals surface area contributed by atoms with E-state index in [2.05, 4.69) is 55.8 Å². The molecule has 1 aliphatic heterocycles. The number of rotatable bonds is 5. The van der Waals surface area contributed by atoms with E-state index >= 15 is 0 Å². The van der Waals surface area contributed by atoms with Crippen molar-refractivity contribution in [2.24, 2.45) is 0 Å². The molecule has 1 aromatic rings. The highest BCUT2D eigenvalue weighted by atomic mass is 15.1. The lowest BCUT2D eigenvalue weighted by atomic mass is 10.0. The van der Waals surface area contributed by atoms with Crippen molar-refractivity contribution in [2.75, 3.05) is 13.1 Å². The van der Waals surface area contributed by atoms with Crippen LogP contribution in [0, 0.1) is 0 Å². The van der Waals surface area contributed by atoms with Crippen LogP contribution in [0.3, 0.4) is 0 Å². The number of benzene rings is 1. The van der Waals surface area contributed by atoms with Gasteiger partial charge in [0.2, 0.25) is 0 Å². The molecule has 0 saturated carbocycles. The van der Waals surface area contributed by atoms with Gasteiger partial charge in [0.25, 0.3) is 0 Å². The second kappa shape index (κ2) is 5.90. The quantitative estimate of drug-likeness (QED) is 0.716. The van der Waals surface area contributed by atoms with Crippen molar-refractivity contribution in [3.05, 3.63) is 46.4 Å². The molecule has 1 heterocycles. The second-order valence-corrected chi connectivity index (χ2v) is 5.24. The molecule has 1 heteroatoms. The Kier molecular flexibility index (Phi) is 4.24. The van der Waals surface area contributed by atoms with E-state index in [0.717, 1.165) is 19.5 Å². The van der Waals surface area contributed by atoms with Crippen LogP contribution in [0.4, 0.5) is 0 Å². The smallest absolute Gasteiger partial charge is 0.0363 e. The van der Waals surface area contributed by atoms with Gasteiger partial charge in [-0.1, -0.05) is 49.8 Å². The summed E-state index contributed by atoms with van der Waals surface area (Å²) in [5.74, 6) is 0. The average molecular weight is 241 g/mol. The highest BCUT2D eigenvalue weighted by Crippen LogP contribution is 2.02. The zero-order chi connectivity index (χ0) is 13.0. The maximum Gasteiger partial charge on any atom is 0.0363 e. The van der Waals surface area contributed by atoms with Crippen molar-refractivity contribution >= 4 is 12.3 Å². The third-order valence-electron chi connectivity index (χ3n) is 3.37. The normalized spacial score (nSPS) is 13.6. The zero-order valence-corrected chi connectivity index (χ0v) is 11.6. The van der Waals surface area contributed by atoms with Crippen LogP contribution in [-0.4, -0.2) is 18.0 Å². The topological polar surface area (TPSA) is 3.24 Å². The largest absolute Gasteiger partial charge is 0.373 e. The number of hydrogen-bond acceptors (Lipinski definition) is 1. The predicted octanol–water partition coefficient (Wildman–Crippen LogP) is 2.44. The molecule has 18 heavy (non-hydrogen) atoms. The first kappa shape index (κ1) is 12.9. The molecule has 1 aliphatic rings. The Bertz CT molecular complexity index is 539. The van der Waals surface area contributed by atoms with Crippen LogP contribution in [0.5, 0.6) is 0 Å². The van der Waals surface area contributed by atoms with E-state index in [9.17, 15) is 0 Å². The molecule has 0 unspecified atom stereocenters. The molecule has 0 aliphatic carbocycles. The van der Waals surface area contributed by atoms with Gasteiger partial charge in [-0.2, -0.15) is 0 Å². The highest BCUT2D eigenvalue weighted by molar-refractivity contribution is 5.42. The Hall–Kier alpha value is -1.50. The minimum absolute atomic E-state index is 0.989. The van der Waals surface area contributed by atoms with Gasteiger partial charge in [0, 0.05) is 19.3 Å². The molecule has 0 bridgehead atoms. The molecule has 1 nitrogen and oxygen atoms in total. The number of hydrogen-bond donors (Lipinski definition) is 0. The Balaban J connectivity index is 2.30. The van der Waals surface area contributed by atoms with Gasteiger partial charge in [-0.25, -0.2) is 0 Å². The maximum absolute atomic E-state index is 4.02. The van der Waals surface area contributed by atoms with Crippen LogP contribution < -0.4 is 10.4 Å². The fourth-order valence-electron chi connectivity index (χ4n) is 2.45. The van der Waals surface area contributed by atoms with Gasteiger partial charge < -0.3 is 4.90 Å². The van der Waals surface area contributed by atoms with E-state index in [0.29, 0.717) is 0 Å². The molecule has 0 spiro atoms. The first-order valence-electron chi connectivity index (χ1n) is 6.89. The highest BCUT2D eigenvalue weighted by Gasteiger charge is 2.05. The van der Waals surface area contributed by atoms with E-state index in [1.165, 1.54) is 34.4 Å². The van der Waals surface area contributed by atoms with Crippen molar-refractivity contribution in [3.8, 4) is 0 Å². The summed E-state index contributed by atoms with van der Waals surface area (Å²) in [5, 5.41) is 2.77. The molecule has 0 saturated heterocycles. The lowest BCUT2D eigenvalue weighted by Gasteiger charge is -2.21. The molecule has 0 amide bonds. The maximum atomic E-state index is 4.02. The third kappa shape index (κ3) is 3.04. The lowest BCUT2D eigenvalue weighted by molar-refractivity contribution is 0.444. The average Bonchev–Trinajstić information content (AvgIpc) is 2.35. The van der Waals surface area contributed by atoms with E-state index in [1.54, 1.807) is 0 Å². The molecule has 0 radical (unpaired) electrons. The Morgan fingerprint density at radius 3 is 2.94 bits per heavy atom. The molecule has 0 aromatic heterocycles. The fourth-order valence-corrected chi connectivity index (χ4v) is 2.45. The van der Waals surface area contributed by atoms with Crippen molar-refractivity contribution in [2.45, 2.75) is 33.1 Å². The van der Waals surface area contributed by atoms with Crippen molar-refractivity contribution in [3.63, 3.8) is 0 Å². The van der Waals surface area contributed by atoms with Crippen LogP contribution in [0.2, 0.25) is 0 Å². The monoisotopic (exact) mass is 241 g/mol. The summed E-state index contributed by atoms with van der Waals surface area (Å²) in [4.78, 5) is 2.41. The molecular weight excluding hydrogens is 218 g/mol.